The Hall–Kier alpha value is 0.0649. The number of rotatable bonds is 3. The van der Waals surface area contributed by atoms with Crippen LogP contribution in [0.5, 0.6) is 0 Å². The van der Waals surface area contributed by atoms with Crippen LogP contribution in [0.25, 0.3) is 0 Å². The summed E-state index contributed by atoms with van der Waals surface area (Å²) < 4.78 is 0. The summed E-state index contributed by atoms with van der Waals surface area (Å²) in [7, 11) is 0. The second-order valence-electron chi connectivity index (χ2n) is 4.35. The molecule has 0 aromatic carbocycles. The number of hydrogen-bond donors (Lipinski definition) is 0. The van der Waals surface area contributed by atoms with Crippen molar-refractivity contribution in [3.8, 4) is 0 Å². The van der Waals surface area contributed by atoms with E-state index in [1.807, 2.05) is 0 Å². The molecule has 0 N–H and O–H groups in total. The standard InChI is InChI=1S/C9H19B/c1-7(2)5-6-10-8(3)9(10)4/h7-9H,5-6H2,1-4H3. The average Bonchev–Trinajstić information content (AvgIpc) is 2.38. The van der Waals surface area contributed by atoms with E-state index < -0.39 is 0 Å². The van der Waals surface area contributed by atoms with E-state index in [-0.39, 0.29) is 0 Å². The summed E-state index contributed by atoms with van der Waals surface area (Å²) in [6, 6.07) is 0. The molecule has 1 heterocycles. The molecule has 58 valence electrons. The minimum absolute atomic E-state index is 0.903. The van der Waals surface area contributed by atoms with E-state index in [0.29, 0.717) is 0 Å². The van der Waals surface area contributed by atoms with Crippen LogP contribution in [0.2, 0.25) is 18.0 Å². The highest BCUT2D eigenvalue weighted by Gasteiger charge is 2.45. The van der Waals surface area contributed by atoms with Crippen molar-refractivity contribution in [3.05, 3.63) is 0 Å². The molecule has 10 heavy (non-hydrogen) atoms. The van der Waals surface area contributed by atoms with Gasteiger partial charge in [-0.05, 0) is 5.92 Å². The molecule has 0 saturated carbocycles. The molecule has 1 fully saturated rings. The van der Waals surface area contributed by atoms with Gasteiger partial charge in [-0.2, -0.15) is 0 Å². The molecule has 2 atom stereocenters. The Kier molecular flexibility index (Phi) is 2.43. The van der Waals surface area contributed by atoms with Gasteiger partial charge in [0, 0.05) is 0 Å². The molecule has 0 aliphatic carbocycles. The Labute approximate surface area is 65.5 Å². The van der Waals surface area contributed by atoms with Gasteiger partial charge in [0.25, 0.3) is 0 Å². The van der Waals surface area contributed by atoms with Gasteiger partial charge in [-0.25, -0.2) is 0 Å². The van der Waals surface area contributed by atoms with Crippen molar-refractivity contribution in [2.45, 2.75) is 52.1 Å². The van der Waals surface area contributed by atoms with E-state index in [2.05, 4.69) is 27.7 Å². The van der Waals surface area contributed by atoms with Gasteiger partial charge >= 0.3 is 0 Å². The molecule has 0 aromatic rings. The first-order valence-corrected chi connectivity index (χ1v) is 4.63. The fourth-order valence-electron chi connectivity index (χ4n) is 1.82. The smallest absolute Gasteiger partial charge is 0.0735 e. The second kappa shape index (κ2) is 2.98. The lowest BCUT2D eigenvalue weighted by molar-refractivity contribution is 0.623. The van der Waals surface area contributed by atoms with Crippen molar-refractivity contribution in [1.82, 2.24) is 0 Å². The van der Waals surface area contributed by atoms with Crippen LogP contribution in [0, 0.1) is 5.92 Å². The largest absolute Gasteiger partial charge is 0.144 e. The van der Waals surface area contributed by atoms with Gasteiger partial charge in [-0.1, -0.05) is 52.1 Å². The van der Waals surface area contributed by atoms with Crippen molar-refractivity contribution in [2.75, 3.05) is 0 Å². The highest BCUT2D eigenvalue weighted by molar-refractivity contribution is 6.73. The lowest BCUT2D eigenvalue weighted by Gasteiger charge is -2.00. The Morgan fingerprint density at radius 3 is 2.00 bits per heavy atom. The molecule has 0 bridgehead atoms. The van der Waals surface area contributed by atoms with Crippen molar-refractivity contribution in [3.63, 3.8) is 0 Å². The van der Waals surface area contributed by atoms with E-state index >= 15 is 0 Å². The zero-order valence-corrected chi connectivity index (χ0v) is 7.72. The third-order valence-corrected chi connectivity index (χ3v) is 3.12. The maximum atomic E-state index is 2.38. The summed E-state index contributed by atoms with van der Waals surface area (Å²) in [5, 5.41) is 0. The monoisotopic (exact) mass is 138 g/mol. The summed E-state index contributed by atoms with van der Waals surface area (Å²) in [6.07, 6.45) is 2.90. The molecule has 0 amide bonds. The fourth-order valence-corrected chi connectivity index (χ4v) is 1.82. The molecule has 1 heteroatoms. The van der Waals surface area contributed by atoms with Crippen LogP contribution in [-0.4, -0.2) is 6.71 Å². The SMILES string of the molecule is CC(C)CCB1C(C)C1C. The first-order valence-electron chi connectivity index (χ1n) is 4.63. The molecule has 2 unspecified atom stereocenters. The average molecular weight is 138 g/mol. The van der Waals surface area contributed by atoms with Crippen LogP contribution in [0.3, 0.4) is 0 Å². The Balaban J connectivity index is 2.06. The van der Waals surface area contributed by atoms with Crippen LogP contribution in [0.4, 0.5) is 0 Å². The maximum Gasteiger partial charge on any atom is 0.144 e. The molecular formula is C9H19B. The van der Waals surface area contributed by atoms with Gasteiger partial charge in [0.1, 0.15) is 6.71 Å². The topological polar surface area (TPSA) is 0 Å². The summed E-state index contributed by atoms with van der Waals surface area (Å²) in [5.74, 6) is 2.96. The van der Waals surface area contributed by atoms with Crippen molar-refractivity contribution in [1.29, 1.82) is 0 Å². The predicted molar refractivity (Wildman–Crippen MR) is 48.9 cm³/mol. The lowest BCUT2D eigenvalue weighted by Crippen LogP contribution is -1.94. The molecule has 0 nitrogen and oxygen atoms in total. The summed E-state index contributed by atoms with van der Waals surface area (Å²) in [5.41, 5.74) is 0. The third-order valence-electron chi connectivity index (χ3n) is 3.12. The van der Waals surface area contributed by atoms with Crippen LogP contribution in [0.15, 0.2) is 0 Å². The maximum absolute atomic E-state index is 2.38. The molecule has 1 aliphatic heterocycles. The summed E-state index contributed by atoms with van der Waals surface area (Å²) in [6.45, 7) is 10.5. The quantitative estimate of drug-likeness (QED) is 0.524. The molecule has 0 spiro atoms. The molecule has 0 radical (unpaired) electrons. The van der Waals surface area contributed by atoms with E-state index in [1.165, 1.54) is 12.7 Å². The Morgan fingerprint density at radius 1 is 1.20 bits per heavy atom. The van der Waals surface area contributed by atoms with E-state index in [9.17, 15) is 0 Å². The second-order valence-corrected chi connectivity index (χ2v) is 4.35. The van der Waals surface area contributed by atoms with Gasteiger partial charge in [-0.3, -0.25) is 0 Å². The van der Waals surface area contributed by atoms with Gasteiger partial charge in [0.2, 0.25) is 0 Å². The zero-order valence-electron chi connectivity index (χ0n) is 7.72. The molecule has 0 aromatic heterocycles. The highest BCUT2D eigenvalue weighted by atomic mass is 14.2. The van der Waals surface area contributed by atoms with E-state index in [0.717, 1.165) is 24.3 Å². The number of hydrogen-bond acceptors (Lipinski definition) is 0. The first kappa shape index (κ1) is 8.16. The van der Waals surface area contributed by atoms with Crippen molar-refractivity contribution >= 4 is 6.71 Å². The lowest BCUT2D eigenvalue weighted by atomic mass is 9.60. The van der Waals surface area contributed by atoms with Gasteiger partial charge < -0.3 is 0 Å². The summed E-state index contributed by atoms with van der Waals surface area (Å²) >= 11 is 0. The zero-order chi connectivity index (χ0) is 7.72. The van der Waals surface area contributed by atoms with Crippen LogP contribution in [-0.2, 0) is 0 Å². The van der Waals surface area contributed by atoms with Crippen molar-refractivity contribution in [2.24, 2.45) is 5.92 Å². The van der Waals surface area contributed by atoms with E-state index in [4.69, 9.17) is 0 Å². The Morgan fingerprint density at radius 2 is 1.70 bits per heavy atom. The third kappa shape index (κ3) is 1.77. The normalized spacial score (nSPS) is 31.5. The van der Waals surface area contributed by atoms with Gasteiger partial charge in [0.05, 0.1) is 0 Å². The van der Waals surface area contributed by atoms with Crippen LogP contribution in [0.1, 0.15) is 34.1 Å². The Bertz CT molecular complexity index is 101. The van der Waals surface area contributed by atoms with Gasteiger partial charge in [0.15, 0.2) is 0 Å². The van der Waals surface area contributed by atoms with Crippen LogP contribution < -0.4 is 0 Å². The minimum Gasteiger partial charge on any atom is -0.0735 e. The molecule has 1 saturated heterocycles. The predicted octanol–water partition coefficient (Wildman–Crippen LogP) is 3.32. The molecular weight excluding hydrogens is 119 g/mol. The van der Waals surface area contributed by atoms with Crippen LogP contribution >= 0.6 is 0 Å². The highest BCUT2D eigenvalue weighted by Crippen LogP contribution is 2.51. The van der Waals surface area contributed by atoms with Crippen molar-refractivity contribution < 1.29 is 0 Å². The molecule has 1 rings (SSSR count). The minimum atomic E-state index is 0.903. The van der Waals surface area contributed by atoms with E-state index in [1.54, 1.807) is 0 Å². The first-order chi connectivity index (χ1) is 4.63. The molecule has 1 aliphatic rings. The fraction of sp³-hybridized carbons (Fsp3) is 1.00. The van der Waals surface area contributed by atoms with Gasteiger partial charge in [-0.15, -0.1) is 0 Å². The summed E-state index contributed by atoms with van der Waals surface area (Å²) in [4.78, 5) is 0.